The number of rotatable bonds is 7. The lowest BCUT2D eigenvalue weighted by Gasteiger charge is -2.04. The van der Waals surface area contributed by atoms with E-state index in [1.165, 1.54) is 11.3 Å². The van der Waals surface area contributed by atoms with Crippen LogP contribution in [0, 0.1) is 14.6 Å². The SMILES string of the molecule is O=C(O)CCCCCn1c(O)c(C=c2ccc(=c3ccc4c(c3)-c3ccccc3N=4)o2)sc1=S. The zero-order valence-electron chi connectivity index (χ0n) is 18.2. The van der Waals surface area contributed by atoms with Gasteiger partial charge in [0.25, 0.3) is 0 Å². The van der Waals surface area contributed by atoms with Crippen LogP contribution in [0.15, 0.2) is 64.0 Å². The van der Waals surface area contributed by atoms with Crippen LogP contribution in [0.4, 0.5) is 5.69 Å². The third-order valence-corrected chi connectivity index (χ3v) is 7.17. The van der Waals surface area contributed by atoms with E-state index < -0.39 is 5.97 Å². The predicted octanol–water partition coefficient (Wildman–Crippen LogP) is 5.27. The van der Waals surface area contributed by atoms with Crippen LogP contribution in [0.1, 0.15) is 30.6 Å². The number of furan rings is 1. The molecule has 2 aromatic heterocycles. The summed E-state index contributed by atoms with van der Waals surface area (Å²) in [4.78, 5) is 15.9. The summed E-state index contributed by atoms with van der Waals surface area (Å²) < 4.78 is 8.34. The van der Waals surface area contributed by atoms with Gasteiger partial charge in [-0.15, -0.1) is 11.3 Å². The Labute approximate surface area is 204 Å². The minimum Gasteiger partial charge on any atom is -0.493 e. The van der Waals surface area contributed by atoms with E-state index in [0.29, 0.717) is 27.2 Å². The fourth-order valence-corrected chi connectivity index (χ4v) is 5.37. The van der Waals surface area contributed by atoms with Gasteiger partial charge in [0.1, 0.15) is 10.8 Å². The van der Waals surface area contributed by atoms with E-state index in [9.17, 15) is 9.90 Å². The Morgan fingerprint density at radius 2 is 1.94 bits per heavy atom. The van der Waals surface area contributed by atoms with Crippen LogP contribution in [0.2, 0.25) is 0 Å². The van der Waals surface area contributed by atoms with E-state index in [4.69, 9.17) is 21.7 Å². The molecule has 34 heavy (non-hydrogen) atoms. The fraction of sp³-hybridized carbons (Fsp3) is 0.192. The first-order chi connectivity index (χ1) is 16.5. The van der Waals surface area contributed by atoms with Crippen LogP contribution >= 0.6 is 23.6 Å². The zero-order chi connectivity index (χ0) is 23.7. The average Bonchev–Trinajstić information content (AvgIpc) is 3.50. The summed E-state index contributed by atoms with van der Waals surface area (Å²) in [6.45, 7) is 0.555. The predicted molar refractivity (Wildman–Crippen MR) is 133 cm³/mol. The number of aliphatic carboxylic acids is 1. The Hall–Kier alpha value is -3.49. The highest BCUT2D eigenvalue weighted by Crippen LogP contribution is 2.32. The molecule has 0 amide bonds. The van der Waals surface area contributed by atoms with Gasteiger partial charge in [-0.25, -0.2) is 4.99 Å². The minimum atomic E-state index is -0.788. The molecular formula is C26H22N2O4S2. The lowest BCUT2D eigenvalue weighted by molar-refractivity contribution is -0.137. The van der Waals surface area contributed by atoms with E-state index >= 15 is 0 Å². The molecule has 5 rings (SSSR count). The monoisotopic (exact) mass is 490 g/mol. The first-order valence-electron chi connectivity index (χ1n) is 11.0. The van der Waals surface area contributed by atoms with Crippen LogP contribution in [-0.4, -0.2) is 20.7 Å². The van der Waals surface area contributed by atoms with Gasteiger partial charge in [0, 0.05) is 35.4 Å². The quantitative estimate of drug-likeness (QED) is 0.240. The molecule has 0 saturated heterocycles. The number of para-hydroxylation sites is 1. The molecule has 2 N–H and O–H groups in total. The highest BCUT2D eigenvalue weighted by Gasteiger charge is 2.13. The summed E-state index contributed by atoms with van der Waals surface area (Å²) in [5.74, 6) is -0.675. The first kappa shape index (κ1) is 22.3. The second-order valence-corrected chi connectivity index (χ2v) is 9.79. The second-order valence-electron chi connectivity index (χ2n) is 8.12. The maximum Gasteiger partial charge on any atom is 0.303 e. The minimum absolute atomic E-state index is 0.113. The summed E-state index contributed by atoms with van der Waals surface area (Å²) >= 11 is 6.75. The number of aromatic nitrogens is 1. The summed E-state index contributed by atoms with van der Waals surface area (Å²) in [6, 6.07) is 18.0. The zero-order valence-corrected chi connectivity index (χ0v) is 19.9. The van der Waals surface area contributed by atoms with Crippen molar-refractivity contribution < 1.29 is 19.4 Å². The number of aromatic hydroxyl groups is 1. The normalized spacial score (nSPS) is 13.5. The van der Waals surface area contributed by atoms with Gasteiger partial charge in [-0.3, -0.25) is 9.36 Å². The molecule has 172 valence electrons. The van der Waals surface area contributed by atoms with Crippen molar-refractivity contribution in [2.24, 2.45) is 4.99 Å². The van der Waals surface area contributed by atoms with E-state index in [1.807, 2.05) is 42.5 Å². The molecule has 6 nitrogen and oxygen atoms in total. The molecule has 1 aliphatic heterocycles. The van der Waals surface area contributed by atoms with Gasteiger partial charge in [-0.1, -0.05) is 24.6 Å². The van der Waals surface area contributed by atoms with Gasteiger partial charge in [-0.2, -0.15) is 0 Å². The van der Waals surface area contributed by atoms with Gasteiger partial charge < -0.3 is 14.6 Å². The summed E-state index contributed by atoms with van der Waals surface area (Å²) in [6.07, 6.45) is 4.08. The number of thiazole rings is 1. The average molecular weight is 491 g/mol. The van der Waals surface area contributed by atoms with Crippen LogP contribution in [0.5, 0.6) is 5.88 Å². The molecule has 2 aromatic carbocycles. The first-order valence-corrected chi connectivity index (χ1v) is 12.3. The summed E-state index contributed by atoms with van der Waals surface area (Å²) in [5, 5.41) is 21.3. The Morgan fingerprint density at radius 3 is 2.79 bits per heavy atom. The van der Waals surface area contributed by atoms with Crippen molar-refractivity contribution >= 4 is 41.3 Å². The van der Waals surface area contributed by atoms with Crippen molar-refractivity contribution in [1.29, 1.82) is 0 Å². The Bertz CT molecular complexity index is 1660. The van der Waals surface area contributed by atoms with Crippen molar-refractivity contribution in [3.63, 3.8) is 0 Å². The standard InChI is InChI=1S/C26H22N2O4S2/c29-24(30)8-2-1-5-13-28-25(31)23(34-26(28)33)15-17-10-12-22(32-17)16-9-11-21-19(14-16)18-6-3-4-7-20(18)27-21/h3-4,6-7,9-12,14-15,31H,1-2,5,8,13H2,(H,29,30). The van der Waals surface area contributed by atoms with Crippen molar-refractivity contribution in [2.45, 2.75) is 32.2 Å². The molecule has 0 atom stereocenters. The lowest BCUT2D eigenvalue weighted by atomic mass is 10.1. The Morgan fingerprint density at radius 1 is 1.09 bits per heavy atom. The highest BCUT2D eigenvalue weighted by atomic mass is 32.1. The van der Waals surface area contributed by atoms with Gasteiger partial charge in [0.05, 0.1) is 15.9 Å². The van der Waals surface area contributed by atoms with Crippen molar-refractivity contribution in [1.82, 2.24) is 4.57 Å². The molecule has 0 unspecified atom stereocenters. The molecule has 0 fully saturated rings. The second kappa shape index (κ2) is 9.40. The lowest BCUT2D eigenvalue weighted by Crippen LogP contribution is -1.99. The summed E-state index contributed by atoms with van der Waals surface area (Å²) in [7, 11) is 0. The van der Waals surface area contributed by atoms with Crippen LogP contribution in [0.3, 0.4) is 0 Å². The summed E-state index contributed by atoms with van der Waals surface area (Å²) in [5.41, 5.74) is 4.55. The topological polar surface area (TPSA) is 88.0 Å². The molecule has 0 spiro atoms. The smallest absolute Gasteiger partial charge is 0.303 e. The number of fused-ring (bicyclic) bond motifs is 3. The molecular weight excluding hydrogens is 468 g/mol. The highest BCUT2D eigenvalue weighted by molar-refractivity contribution is 7.73. The fourth-order valence-electron chi connectivity index (χ4n) is 4.07. The number of carboxylic acids is 1. The maximum atomic E-state index is 10.7. The van der Waals surface area contributed by atoms with Gasteiger partial charge in [-0.05, 0) is 61.5 Å². The van der Waals surface area contributed by atoms with Crippen LogP contribution in [0.25, 0.3) is 17.2 Å². The van der Waals surface area contributed by atoms with Crippen molar-refractivity contribution in [2.75, 3.05) is 0 Å². The number of hydrogen-bond donors (Lipinski definition) is 2. The van der Waals surface area contributed by atoms with Gasteiger partial charge >= 0.3 is 5.97 Å². The Kier molecular flexibility index (Phi) is 6.17. The number of carbonyl (C=O) groups is 1. The molecule has 0 saturated carbocycles. The molecule has 1 aliphatic rings. The van der Waals surface area contributed by atoms with E-state index in [1.54, 1.807) is 10.6 Å². The molecule has 0 radical (unpaired) electrons. The maximum absolute atomic E-state index is 10.7. The number of hydrogen-bond acceptors (Lipinski definition) is 6. The number of nitrogens with zero attached hydrogens (tertiary/aromatic N) is 2. The molecule has 0 aliphatic carbocycles. The third kappa shape index (κ3) is 4.47. The number of benzene rings is 2. The van der Waals surface area contributed by atoms with E-state index in [0.717, 1.165) is 45.6 Å². The number of carboxylic acid groups (broad SMARTS) is 1. The van der Waals surface area contributed by atoms with Crippen LogP contribution < -0.4 is 10.8 Å². The van der Waals surface area contributed by atoms with Gasteiger partial charge in [0.2, 0.25) is 5.88 Å². The van der Waals surface area contributed by atoms with Crippen molar-refractivity contribution in [3.8, 4) is 17.0 Å². The number of unbranched alkanes of at least 4 members (excludes halogenated alkanes) is 2. The molecule has 0 bridgehead atoms. The van der Waals surface area contributed by atoms with Gasteiger partial charge in [0.15, 0.2) is 3.95 Å². The molecule has 4 aromatic rings. The third-order valence-electron chi connectivity index (χ3n) is 5.78. The Balaban J connectivity index is 1.42. The molecule has 3 heterocycles. The molecule has 8 heteroatoms. The van der Waals surface area contributed by atoms with Crippen molar-refractivity contribution in [3.05, 3.63) is 84.8 Å². The largest absolute Gasteiger partial charge is 0.493 e. The van der Waals surface area contributed by atoms with E-state index in [-0.39, 0.29) is 12.3 Å². The van der Waals surface area contributed by atoms with E-state index in [2.05, 4.69) is 17.1 Å². The van der Waals surface area contributed by atoms with Crippen LogP contribution in [-0.2, 0) is 11.3 Å².